The highest BCUT2D eigenvalue weighted by molar-refractivity contribution is 5.00. The lowest BCUT2D eigenvalue weighted by Gasteiger charge is -2.45. The van der Waals surface area contributed by atoms with Crippen molar-refractivity contribution in [3.8, 4) is 0 Å². The van der Waals surface area contributed by atoms with Crippen molar-refractivity contribution in [3.63, 3.8) is 0 Å². The van der Waals surface area contributed by atoms with Gasteiger partial charge < -0.3 is 15.2 Å². The number of alkyl halides is 1. The summed E-state index contributed by atoms with van der Waals surface area (Å²) < 4.78 is 26.5. The molecule has 4 heteroatoms. The number of nitrogens with two attached hydrogens (primary N) is 1. The molecule has 18 heavy (non-hydrogen) atoms. The van der Waals surface area contributed by atoms with Crippen molar-refractivity contribution in [1.82, 2.24) is 0 Å². The van der Waals surface area contributed by atoms with E-state index in [2.05, 4.69) is 0 Å². The Hall–Kier alpha value is -0.190. The van der Waals surface area contributed by atoms with Crippen LogP contribution in [0.4, 0.5) is 4.39 Å². The second kappa shape index (κ2) is 4.73. The summed E-state index contributed by atoms with van der Waals surface area (Å²) in [5.74, 6) is 0.110. The fraction of sp³-hybridized carbons (Fsp3) is 1.00. The molecule has 3 fully saturated rings. The lowest BCUT2D eigenvalue weighted by Crippen LogP contribution is -2.50. The maximum Gasteiger partial charge on any atom is 0.115 e. The highest BCUT2D eigenvalue weighted by atomic mass is 19.1. The fourth-order valence-electron chi connectivity index (χ4n) is 4.00. The summed E-state index contributed by atoms with van der Waals surface area (Å²) in [6.45, 7) is 2.08. The van der Waals surface area contributed by atoms with Crippen LogP contribution in [0.15, 0.2) is 0 Å². The van der Waals surface area contributed by atoms with Gasteiger partial charge >= 0.3 is 0 Å². The molecule has 0 aromatic carbocycles. The van der Waals surface area contributed by atoms with Gasteiger partial charge in [-0.15, -0.1) is 0 Å². The molecule has 2 N–H and O–H groups in total. The Balaban J connectivity index is 1.71. The molecule has 104 valence electrons. The predicted octanol–water partition coefficient (Wildman–Crippen LogP) is 2.18. The van der Waals surface area contributed by atoms with Gasteiger partial charge in [0, 0.05) is 25.7 Å². The Labute approximate surface area is 108 Å². The average Bonchev–Trinajstić information content (AvgIpc) is 2.77. The van der Waals surface area contributed by atoms with Crippen LogP contribution in [0.2, 0.25) is 0 Å². The third-order valence-corrected chi connectivity index (χ3v) is 5.06. The molecule has 0 bridgehead atoms. The van der Waals surface area contributed by atoms with Crippen molar-refractivity contribution < 1.29 is 13.9 Å². The Morgan fingerprint density at radius 1 is 1.11 bits per heavy atom. The predicted molar refractivity (Wildman–Crippen MR) is 67.1 cm³/mol. The zero-order valence-corrected chi connectivity index (χ0v) is 11.0. The van der Waals surface area contributed by atoms with Crippen LogP contribution < -0.4 is 5.73 Å². The van der Waals surface area contributed by atoms with E-state index >= 15 is 4.39 Å². The molecule has 2 aliphatic heterocycles. The van der Waals surface area contributed by atoms with Crippen molar-refractivity contribution in [2.45, 2.75) is 62.3 Å². The van der Waals surface area contributed by atoms with Crippen molar-refractivity contribution in [2.24, 2.45) is 11.7 Å². The molecule has 3 rings (SSSR count). The van der Waals surface area contributed by atoms with E-state index in [0.29, 0.717) is 26.1 Å². The van der Waals surface area contributed by atoms with E-state index in [1.807, 2.05) is 0 Å². The Bertz CT molecular complexity index is 306. The second-order valence-corrected chi connectivity index (χ2v) is 6.41. The van der Waals surface area contributed by atoms with Crippen LogP contribution >= 0.6 is 0 Å². The lowest BCUT2D eigenvalue weighted by molar-refractivity contribution is -0.131. The van der Waals surface area contributed by atoms with Gasteiger partial charge in [0.05, 0.1) is 12.2 Å². The number of halogens is 1. The quantitative estimate of drug-likeness (QED) is 0.783. The van der Waals surface area contributed by atoms with Crippen LogP contribution in [0.3, 0.4) is 0 Å². The van der Waals surface area contributed by atoms with E-state index in [0.717, 1.165) is 38.7 Å². The molecular formula is C14H24FNO2. The monoisotopic (exact) mass is 257 g/mol. The zero-order chi connectivity index (χ0) is 12.6. The third kappa shape index (κ3) is 2.30. The molecule has 1 saturated carbocycles. The SMILES string of the molecule is NC1CCCC(F)(C2CCOC3(CCOC3)C2)C1. The molecule has 2 heterocycles. The van der Waals surface area contributed by atoms with E-state index in [4.69, 9.17) is 15.2 Å². The molecule has 0 aromatic heterocycles. The van der Waals surface area contributed by atoms with E-state index < -0.39 is 5.67 Å². The zero-order valence-electron chi connectivity index (χ0n) is 11.0. The van der Waals surface area contributed by atoms with Crippen molar-refractivity contribution in [1.29, 1.82) is 0 Å². The first-order valence-electron chi connectivity index (χ1n) is 7.28. The minimum absolute atomic E-state index is 0.0439. The van der Waals surface area contributed by atoms with E-state index in [-0.39, 0.29) is 17.6 Å². The summed E-state index contributed by atoms with van der Waals surface area (Å²) in [5, 5.41) is 0. The molecule has 3 nitrogen and oxygen atoms in total. The van der Waals surface area contributed by atoms with Crippen LogP contribution in [0, 0.1) is 5.92 Å². The van der Waals surface area contributed by atoms with Gasteiger partial charge in [-0.25, -0.2) is 4.39 Å². The Kier molecular flexibility index (Phi) is 3.37. The topological polar surface area (TPSA) is 44.5 Å². The second-order valence-electron chi connectivity index (χ2n) is 6.41. The van der Waals surface area contributed by atoms with Gasteiger partial charge in [-0.05, 0) is 44.4 Å². The molecule has 2 saturated heterocycles. The summed E-state index contributed by atoms with van der Waals surface area (Å²) in [7, 11) is 0. The van der Waals surface area contributed by atoms with E-state index in [9.17, 15) is 0 Å². The van der Waals surface area contributed by atoms with E-state index in [1.165, 1.54) is 0 Å². The molecule has 1 spiro atoms. The lowest BCUT2D eigenvalue weighted by atomic mass is 9.69. The van der Waals surface area contributed by atoms with Crippen molar-refractivity contribution in [3.05, 3.63) is 0 Å². The smallest absolute Gasteiger partial charge is 0.115 e. The number of hydrogen-bond donors (Lipinski definition) is 1. The number of rotatable bonds is 1. The average molecular weight is 257 g/mol. The fourth-order valence-corrected chi connectivity index (χ4v) is 4.00. The summed E-state index contributed by atoms with van der Waals surface area (Å²) >= 11 is 0. The minimum atomic E-state index is -1.06. The Morgan fingerprint density at radius 2 is 2.00 bits per heavy atom. The molecule has 3 aliphatic rings. The number of hydrogen-bond acceptors (Lipinski definition) is 3. The standard InChI is InChI=1S/C14H24FNO2/c15-14(4-1-2-12(16)9-14)11-3-6-18-13(8-11)5-7-17-10-13/h11-12H,1-10,16H2. The van der Waals surface area contributed by atoms with Crippen LogP contribution in [0.1, 0.15) is 44.9 Å². The van der Waals surface area contributed by atoms with Crippen LogP contribution in [0.25, 0.3) is 0 Å². The molecule has 4 unspecified atom stereocenters. The molecule has 0 radical (unpaired) electrons. The molecule has 0 amide bonds. The maximum atomic E-state index is 15.2. The van der Waals surface area contributed by atoms with Crippen molar-refractivity contribution in [2.75, 3.05) is 19.8 Å². The van der Waals surface area contributed by atoms with Gasteiger partial charge in [0.25, 0.3) is 0 Å². The summed E-state index contributed by atoms with van der Waals surface area (Å²) in [6.07, 6.45) is 5.70. The summed E-state index contributed by atoms with van der Waals surface area (Å²) in [5.41, 5.74) is 4.72. The van der Waals surface area contributed by atoms with Gasteiger partial charge in [-0.1, -0.05) is 0 Å². The first-order chi connectivity index (χ1) is 8.62. The molecule has 0 aromatic rings. The van der Waals surface area contributed by atoms with Gasteiger partial charge in [0.15, 0.2) is 0 Å². The first-order valence-corrected chi connectivity index (χ1v) is 7.28. The maximum absolute atomic E-state index is 15.2. The minimum Gasteiger partial charge on any atom is -0.378 e. The molecular weight excluding hydrogens is 233 g/mol. The van der Waals surface area contributed by atoms with Crippen molar-refractivity contribution >= 4 is 0 Å². The number of ether oxygens (including phenoxy) is 2. The normalized spacial score (nSPS) is 49.7. The highest BCUT2D eigenvalue weighted by Gasteiger charge is 2.49. The van der Waals surface area contributed by atoms with Crippen LogP contribution in [0.5, 0.6) is 0 Å². The summed E-state index contributed by atoms with van der Waals surface area (Å²) in [4.78, 5) is 0. The summed E-state index contributed by atoms with van der Waals surface area (Å²) in [6, 6.07) is 0.0439. The molecule has 4 atom stereocenters. The largest absolute Gasteiger partial charge is 0.378 e. The Morgan fingerprint density at radius 3 is 2.72 bits per heavy atom. The van der Waals surface area contributed by atoms with Gasteiger partial charge in [-0.3, -0.25) is 0 Å². The van der Waals surface area contributed by atoms with E-state index in [1.54, 1.807) is 0 Å². The van der Waals surface area contributed by atoms with Crippen LogP contribution in [-0.2, 0) is 9.47 Å². The third-order valence-electron chi connectivity index (χ3n) is 5.06. The van der Waals surface area contributed by atoms with Gasteiger partial charge in [-0.2, -0.15) is 0 Å². The van der Waals surface area contributed by atoms with Crippen LogP contribution in [-0.4, -0.2) is 37.1 Å². The first kappa shape index (κ1) is 12.8. The van der Waals surface area contributed by atoms with Gasteiger partial charge in [0.2, 0.25) is 0 Å². The highest BCUT2D eigenvalue weighted by Crippen LogP contribution is 2.47. The van der Waals surface area contributed by atoms with Gasteiger partial charge in [0.1, 0.15) is 5.67 Å². The molecule has 1 aliphatic carbocycles.